The van der Waals surface area contributed by atoms with E-state index >= 15 is 0 Å². The van der Waals surface area contributed by atoms with Crippen LogP contribution in [0.5, 0.6) is 0 Å². The van der Waals surface area contributed by atoms with Crippen LogP contribution in [0.15, 0.2) is 30.9 Å². The minimum atomic E-state index is 0.272. The number of nitrogens with zero attached hydrogens (tertiary/aromatic N) is 4. The van der Waals surface area contributed by atoms with E-state index in [0.717, 1.165) is 23.5 Å². The number of nitrogens with one attached hydrogen (secondary N) is 1. The van der Waals surface area contributed by atoms with E-state index in [1.165, 1.54) is 6.33 Å². The molecule has 0 fully saturated rings. The molecule has 0 radical (unpaired) electrons. The van der Waals surface area contributed by atoms with Crippen LogP contribution in [0.4, 0.5) is 11.6 Å². The van der Waals surface area contributed by atoms with Crippen molar-refractivity contribution in [2.75, 3.05) is 17.4 Å². The van der Waals surface area contributed by atoms with Crippen LogP contribution >= 0.6 is 0 Å². The summed E-state index contributed by atoms with van der Waals surface area (Å²) in [6.07, 6.45) is 5.15. The molecule has 3 N–H and O–H groups in total. The maximum atomic E-state index is 5.54. The predicted octanol–water partition coefficient (Wildman–Crippen LogP) is 1.92. The van der Waals surface area contributed by atoms with Gasteiger partial charge >= 0.3 is 0 Å². The molecule has 0 spiro atoms. The Labute approximate surface area is 119 Å². The van der Waals surface area contributed by atoms with Crippen molar-refractivity contribution in [1.82, 2.24) is 15.0 Å². The Balaban J connectivity index is 2.32. The van der Waals surface area contributed by atoms with Crippen molar-refractivity contribution in [1.29, 1.82) is 0 Å². The third-order valence-corrected chi connectivity index (χ3v) is 3.08. The molecule has 0 amide bonds. The lowest BCUT2D eigenvalue weighted by Gasteiger charge is -2.23. The van der Waals surface area contributed by atoms with Gasteiger partial charge in [-0.2, -0.15) is 0 Å². The first-order valence-electron chi connectivity index (χ1n) is 6.55. The molecule has 0 bridgehead atoms. The number of aromatic nitrogens is 3. The molecule has 0 aliphatic heterocycles. The summed E-state index contributed by atoms with van der Waals surface area (Å²) in [6.45, 7) is 4.93. The van der Waals surface area contributed by atoms with Crippen molar-refractivity contribution in [3.63, 3.8) is 0 Å². The average Bonchev–Trinajstić information content (AvgIpc) is 2.47. The first kappa shape index (κ1) is 14.2. The number of nitrogen functional groups attached to an aromatic ring is 1. The molecule has 0 unspecified atom stereocenters. The minimum Gasteiger partial charge on any atom is -0.355 e. The lowest BCUT2D eigenvalue weighted by Crippen LogP contribution is -2.22. The number of rotatable bonds is 5. The largest absolute Gasteiger partial charge is 0.355 e. The number of pyridine rings is 1. The molecule has 106 valence electrons. The molecule has 6 heteroatoms. The highest BCUT2D eigenvalue weighted by Gasteiger charge is 2.17. The summed E-state index contributed by atoms with van der Waals surface area (Å²) in [6, 6.07) is 3.97. The molecule has 2 rings (SSSR count). The number of hydrazine groups is 1. The van der Waals surface area contributed by atoms with E-state index in [0.29, 0.717) is 5.82 Å². The highest BCUT2D eigenvalue weighted by Crippen LogP contribution is 2.30. The zero-order valence-corrected chi connectivity index (χ0v) is 12.0. The van der Waals surface area contributed by atoms with Crippen LogP contribution in [0.3, 0.4) is 0 Å². The van der Waals surface area contributed by atoms with Gasteiger partial charge in [-0.3, -0.25) is 4.98 Å². The first-order valence-corrected chi connectivity index (χ1v) is 6.55. The second kappa shape index (κ2) is 6.29. The van der Waals surface area contributed by atoms with Crippen molar-refractivity contribution in [2.24, 2.45) is 5.84 Å². The molecular formula is C14H20N6. The van der Waals surface area contributed by atoms with Crippen LogP contribution in [0.1, 0.15) is 30.9 Å². The van der Waals surface area contributed by atoms with Crippen molar-refractivity contribution >= 4 is 11.6 Å². The zero-order valence-electron chi connectivity index (χ0n) is 12.0. The Kier molecular flexibility index (Phi) is 4.47. The normalized spacial score (nSPS) is 10.7. The monoisotopic (exact) mass is 272 g/mol. The molecule has 6 nitrogen and oxygen atoms in total. The van der Waals surface area contributed by atoms with Crippen LogP contribution in [0.25, 0.3) is 0 Å². The highest BCUT2D eigenvalue weighted by atomic mass is 15.3. The van der Waals surface area contributed by atoms with Gasteiger partial charge in [-0.1, -0.05) is 19.9 Å². The fraction of sp³-hybridized carbons (Fsp3) is 0.357. The Morgan fingerprint density at radius 2 is 2.15 bits per heavy atom. The summed E-state index contributed by atoms with van der Waals surface area (Å²) < 4.78 is 0. The fourth-order valence-electron chi connectivity index (χ4n) is 2.18. The first-order chi connectivity index (χ1) is 9.63. The van der Waals surface area contributed by atoms with Crippen LogP contribution in [0, 0.1) is 0 Å². The van der Waals surface area contributed by atoms with Gasteiger partial charge in [0.05, 0.1) is 0 Å². The van der Waals surface area contributed by atoms with Gasteiger partial charge in [0.15, 0.2) is 0 Å². The Hall–Kier alpha value is -2.21. The third kappa shape index (κ3) is 3.03. The van der Waals surface area contributed by atoms with Crippen LogP contribution in [0.2, 0.25) is 0 Å². The number of hydrogen-bond donors (Lipinski definition) is 2. The third-order valence-electron chi connectivity index (χ3n) is 3.08. The lowest BCUT2D eigenvalue weighted by atomic mass is 10.0. The highest BCUT2D eigenvalue weighted by molar-refractivity contribution is 5.59. The van der Waals surface area contributed by atoms with Crippen molar-refractivity contribution < 1.29 is 0 Å². The second-order valence-corrected chi connectivity index (χ2v) is 4.98. The van der Waals surface area contributed by atoms with Crippen LogP contribution in [-0.2, 0) is 6.54 Å². The van der Waals surface area contributed by atoms with Gasteiger partial charge in [0.1, 0.15) is 18.0 Å². The molecule has 0 aliphatic rings. The molecule has 2 heterocycles. The second-order valence-electron chi connectivity index (χ2n) is 4.98. The van der Waals surface area contributed by atoms with E-state index in [9.17, 15) is 0 Å². The predicted molar refractivity (Wildman–Crippen MR) is 80.3 cm³/mol. The van der Waals surface area contributed by atoms with Crippen LogP contribution < -0.4 is 16.2 Å². The van der Waals surface area contributed by atoms with Crippen molar-refractivity contribution in [2.45, 2.75) is 26.3 Å². The maximum absolute atomic E-state index is 5.54. The molecular weight excluding hydrogens is 252 g/mol. The average molecular weight is 272 g/mol. The summed E-state index contributed by atoms with van der Waals surface area (Å²) >= 11 is 0. The van der Waals surface area contributed by atoms with Crippen molar-refractivity contribution in [3.05, 3.63) is 42.0 Å². The minimum absolute atomic E-state index is 0.272. The summed E-state index contributed by atoms with van der Waals surface area (Å²) in [4.78, 5) is 14.8. The smallest absolute Gasteiger partial charge is 0.148 e. The summed E-state index contributed by atoms with van der Waals surface area (Å²) in [7, 11) is 2.00. The van der Waals surface area contributed by atoms with E-state index < -0.39 is 0 Å². The number of anilines is 2. The Bertz CT molecular complexity index is 555. The van der Waals surface area contributed by atoms with E-state index in [2.05, 4.69) is 39.1 Å². The molecule has 0 aliphatic carbocycles. The van der Waals surface area contributed by atoms with Gasteiger partial charge in [0.25, 0.3) is 0 Å². The molecule has 2 aromatic rings. The van der Waals surface area contributed by atoms with Gasteiger partial charge in [0.2, 0.25) is 0 Å². The van der Waals surface area contributed by atoms with E-state index in [1.54, 1.807) is 6.20 Å². The Morgan fingerprint density at radius 3 is 2.75 bits per heavy atom. The number of nitrogens with two attached hydrogens (primary N) is 1. The standard InChI is InChI=1S/C14H20N6/c1-10(2)12-13(19-15)17-9-18-14(12)20(3)8-11-5-4-6-16-7-11/h4-7,9-10H,8,15H2,1-3H3,(H,17,18,19). The van der Waals surface area contributed by atoms with Gasteiger partial charge in [0, 0.05) is 31.5 Å². The van der Waals surface area contributed by atoms with Crippen LogP contribution in [-0.4, -0.2) is 22.0 Å². The molecule has 2 aromatic heterocycles. The van der Waals surface area contributed by atoms with Gasteiger partial charge in [-0.05, 0) is 17.5 Å². The van der Waals surface area contributed by atoms with E-state index in [4.69, 9.17) is 5.84 Å². The summed E-state index contributed by atoms with van der Waals surface area (Å²) in [5.41, 5.74) is 4.79. The lowest BCUT2D eigenvalue weighted by molar-refractivity contribution is 0.808. The summed E-state index contributed by atoms with van der Waals surface area (Å²) in [5.74, 6) is 7.36. The van der Waals surface area contributed by atoms with Crippen molar-refractivity contribution in [3.8, 4) is 0 Å². The van der Waals surface area contributed by atoms with Gasteiger partial charge in [-0.25, -0.2) is 15.8 Å². The molecule has 0 aromatic carbocycles. The SMILES string of the molecule is CC(C)c1c(NN)ncnc1N(C)Cc1cccnc1. The van der Waals surface area contributed by atoms with E-state index in [-0.39, 0.29) is 5.92 Å². The van der Waals surface area contributed by atoms with Gasteiger partial charge < -0.3 is 10.3 Å². The molecule has 20 heavy (non-hydrogen) atoms. The fourth-order valence-corrected chi connectivity index (χ4v) is 2.18. The van der Waals surface area contributed by atoms with Gasteiger partial charge in [-0.15, -0.1) is 0 Å². The number of hydrogen-bond acceptors (Lipinski definition) is 6. The maximum Gasteiger partial charge on any atom is 0.148 e. The molecule has 0 saturated heterocycles. The molecule has 0 saturated carbocycles. The Morgan fingerprint density at radius 1 is 1.35 bits per heavy atom. The summed E-state index contributed by atoms with van der Waals surface area (Å²) in [5, 5.41) is 0. The topological polar surface area (TPSA) is 80.0 Å². The van der Waals surface area contributed by atoms with E-state index in [1.807, 2.05) is 25.4 Å². The molecule has 0 atom stereocenters. The quantitative estimate of drug-likeness (QED) is 0.639. The zero-order chi connectivity index (χ0) is 14.5.